The highest BCUT2D eigenvalue weighted by Crippen LogP contribution is 2.43. The van der Waals surface area contributed by atoms with Gasteiger partial charge in [-0.3, -0.25) is 0 Å². The normalized spacial score (nSPS) is 17.4. The molecule has 7 heteroatoms. The smallest absolute Gasteiger partial charge is 0.187 e. The Hall–Kier alpha value is -0.820. The maximum Gasteiger partial charge on any atom is 0.187 e. The van der Waals surface area contributed by atoms with Gasteiger partial charge in [0.05, 0.1) is 5.25 Å². The molecule has 0 saturated heterocycles. The highest BCUT2D eigenvalue weighted by molar-refractivity contribution is 7.92. The van der Waals surface area contributed by atoms with Crippen molar-refractivity contribution in [2.45, 2.75) is 56.2 Å². The third-order valence-electron chi connectivity index (χ3n) is 3.63. The first kappa shape index (κ1) is 14.6. The van der Waals surface area contributed by atoms with Gasteiger partial charge in [0.25, 0.3) is 0 Å². The molecule has 5 nitrogen and oxygen atoms in total. The van der Waals surface area contributed by atoms with Crippen LogP contribution in [-0.4, -0.2) is 30.6 Å². The van der Waals surface area contributed by atoms with Gasteiger partial charge >= 0.3 is 0 Å². The van der Waals surface area contributed by atoms with Crippen molar-refractivity contribution in [3.05, 3.63) is 0 Å². The van der Waals surface area contributed by atoms with E-state index in [1.54, 1.807) is 0 Å². The minimum Gasteiger partial charge on any atom is -0.382 e. The fraction of sp³-hybridized carbons (Fsp3) is 0.750. The molecule has 0 amide bonds. The van der Waals surface area contributed by atoms with E-state index in [-0.39, 0.29) is 22.0 Å². The summed E-state index contributed by atoms with van der Waals surface area (Å²) in [7, 11) is -3.30. The van der Waals surface area contributed by atoms with Crippen molar-refractivity contribution in [1.82, 2.24) is 4.37 Å². The summed E-state index contributed by atoms with van der Waals surface area (Å²) in [5, 5.41) is 0.460. The SMILES string of the molecule is CCC(C)N(CC)c1snc(N)c1S(=O)(=O)C1CC1. The highest BCUT2D eigenvalue weighted by Gasteiger charge is 2.41. The van der Waals surface area contributed by atoms with Gasteiger partial charge in [-0.05, 0) is 44.6 Å². The number of sulfone groups is 1. The van der Waals surface area contributed by atoms with E-state index in [2.05, 4.69) is 23.1 Å². The molecule has 1 atom stereocenters. The minimum absolute atomic E-state index is 0.161. The zero-order valence-corrected chi connectivity index (χ0v) is 13.2. The number of rotatable bonds is 6. The Kier molecular flexibility index (Phi) is 4.06. The molecule has 1 aliphatic carbocycles. The molecule has 0 aliphatic heterocycles. The zero-order chi connectivity index (χ0) is 14.2. The van der Waals surface area contributed by atoms with Crippen molar-refractivity contribution < 1.29 is 8.42 Å². The number of nitrogens with two attached hydrogens (primary N) is 1. The Morgan fingerprint density at radius 3 is 2.58 bits per heavy atom. The lowest BCUT2D eigenvalue weighted by Crippen LogP contribution is -2.32. The Morgan fingerprint density at radius 2 is 2.11 bits per heavy atom. The van der Waals surface area contributed by atoms with Gasteiger partial charge in [0.2, 0.25) is 0 Å². The molecule has 1 aromatic rings. The Balaban J connectivity index is 2.47. The van der Waals surface area contributed by atoms with Gasteiger partial charge in [0.1, 0.15) is 9.90 Å². The van der Waals surface area contributed by atoms with E-state index in [4.69, 9.17) is 5.73 Å². The highest BCUT2D eigenvalue weighted by atomic mass is 32.2. The number of hydrogen-bond acceptors (Lipinski definition) is 6. The van der Waals surface area contributed by atoms with E-state index in [0.29, 0.717) is 5.00 Å². The second kappa shape index (κ2) is 5.28. The van der Waals surface area contributed by atoms with Crippen LogP contribution in [0.4, 0.5) is 10.8 Å². The first-order chi connectivity index (χ1) is 8.93. The van der Waals surface area contributed by atoms with Crippen molar-refractivity contribution in [3.8, 4) is 0 Å². The third-order valence-corrected chi connectivity index (χ3v) is 6.98. The average Bonchev–Trinajstić information content (AvgIpc) is 3.15. The lowest BCUT2D eigenvalue weighted by molar-refractivity contribution is 0.592. The van der Waals surface area contributed by atoms with Crippen LogP contribution in [0, 0.1) is 0 Å². The summed E-state index contributed by atoms with van der Waals surface area (Å²) >= 11 is 1.20. The molecule has 1 unspecified atom stereocenters. The summed E-state index contributed by atoms with van der Waals surface area (Å²) in [6.45, 7) is 6.96. The number of aromatic nitrogens is 1. The van der Waals surface area contributed by atoms with Crippen molar-refractivity contribution >= 4 is 32.2 Å². The van der Waals surface area contributed by atoms with Crippen LogP contribution >= 0.6 is 11.5 Å². The standard InChI is InChI=1S/C12H21N3O2S2/c1-4-8(3)15(5-2)12-10(11(13)14-18-12)19(16,17)9-6-7-9/h8-9H,4-7H2,1-3H3,(H2,13,14). The number of nitrogens with zero attached hydrogens (tertiary/aromatic N) is 2. The van der Waals surface area contributed by atoms with Crippen LogP contribution < -0.4 is 10.6 Å². The monoisotopic (exact) mass is 303 g/mol. The Morgan fingerprint density at radius 1 is 1.47 bits per heavy atom. The molecule has 0 bridgehead atoms. The molecule has 2 rings (SSSR count). The van der Waals surface area contributed by atoms with E-state index < -0.39 is 9.84 Å². The fourth-order valence-corrected chi connectivity index (χ4v) is 5.34. The largest absolute Gasteiger partial charge is 0.382 e. The summed E-state index contributed by atoms with van der Waals surface area (Å²) in [6, 6.07) is 0.276. The predicted octanol–water partition coefficient (Wildman–Crippen LogP) is 2.29. The molecule has 19 heavy (non-hydrogen) atoms. The lowest BCUT2D eigenvalue weighted by atomic mass is 10.2. The van der Waals surface area contributed by atoms with E-state index in [1.807, 2.05) is 6.92 Å². The number of anilines is 2. The van der Waals surface area contributed by atoms with Crippen molar-refractivity contribution in [3.63, 3.8) is 0 Å². The topological polar surface area (TPSA) is 76.3 Å². The summed E-state index contributed by atoms with van der Waals surface area (Å²) in [5.41, 5.74) is 5.82. The predicted molar refractivity (Wildman–Crippen MR) is 79.5 cm³/mol. The average molecular weight is 303 g/mol. The van der Waals surface area contributed by atoms with E-state index >= 15 is 0 Å². The van der Waals surface area contributed by atoms with Gasteiger partial charge < -0.3 is 10.6 Å². The summed E-state index contributed by atoms with van der Waals surface area (Å²) in [6.07, 6.45) is 2.44. The van der Waals surface area contributed by atoms with Gasteiger partial charge in [-0.15, -0.1) is 0 Å². The molecule has 0 radical (unpaired) electrons. The van der Waals surface area contributed by atoms with Crippen LogP contribution in [0.1, 0.15) is 40.0 Å². The van der Waals surface area contributed by atoms with Crippen LogP contribution in [0.25, 0.3) is 0 Å². The maximum absolute atomic E-state index is 12.5. The number of nitrogen functional groups attached to an aromatic ring is 1. The molecule has 2 N–H and O–H groups in total. The van der Waals surface area contributed by atoms with Crippen molar-refractivity contribution in [2.75, 3.05) is 17.2 Å². The van der Waals surface area contributed by atoms with E-state index in [1.165, 1.54) is 11.5 Å². The molecule has 1 saturated carbocycles. The Bertz CT molecular complexity index is 549. The quantitative estimate of drug-likeness (QED) is 0.872. The summed E-state index contributed by atoms with van der Waals surface area (Å²) < 4.78 is 29.1. The van der Waals surface area contributed by atoms with Crippen molar-refractivity contribution in [2.24, 2.45) is 0 Å². The molecule has 1 aromatic heterocycles. The number of hydrogen-bond donors (Lipinski definition) is 1. The van der Waals surface area contributed by atoms with Gasteiger partial charge in [-0.2, -0.15) is 4.37 Å². The first-order valence-electron chi connectivity index (χ1n) is 6.69. The van der Waals surface area contributed by atoms with E-state index in [9.17, 15) is 8.42 Å². The minimum atomic E-state index is -3.30. The molecule has 1 aliphatic rings. The van der Waals surface area contributed by atoms with Crippen LogP contribution in [0.15, 0.2) is 4.90 Å². The van der Waals surface area contributed by atoms with Crippen LogP contribution in [0.2, 0.25) is 0 Å². The molecule has 0 aromatic carbocycles. The van der Waals surface area contributed by atoms with Crippen LogP contribution in [0.5, 0.6) is 0 Å². The molecule has 1 heterocycles. The van der Waals surface area contributed by atoms with Crippen molar-refractivity contribution in [1.29, 1.82) is 0 Å². The fourth-order valence-electron chi connectivity index (χ4n) is 2.16. The van der Waals surface area contributed by atoms with Gasteiger partial charge in [-0.25, -0.2) is 8.42 Å². The lowest BCUT2D eigenvalue weighted by Gasteiger charge is -2.28. The molecule has 0 spiro atoms. The summed E-state index contributed by atoms with van der Waals surface area (Å²) in [5.74, 6) is 0.161. The molecular formula is C12H21N3O2S2. The van der Waals surface area contributed by atoms with Gasteiger partial charge in [0.15, 0.2) is 15.7 Å². The molecular weight excluding hydrogens is 282 g/mol. The summed E-state index contributed by atoms with van der Waals surface area (Å²) in [4.78, 5) is 2.35. The first-order valence-corrected chi connectivity index (χ1v) is 9.01. The maximum atomic E-state index is 12.5. The van der Waals surface area contributed by atoms with E-state index in [0.717, 1.165) is 25.8 Å². The van der Waals surface area contributed by atoms with Gasteiger partial charge in [0, 0.05) is 12.6 Å². The zero-order valence-electron chi connectivity index (χ0n) is 11.6. The Labute approximate surface area is 118 Å². The molecule has 108 valence electrons. The van der Waals surface area contributed by atoms with Gasteiger partial charge in [-0.1, -0.05) is 6.92 Å². The third kappa shape index (κ3) is 2.58. The van der Waals surface area contributed by atoms with Crippen LogP contribution in [0.3, 0.4) is 0 Å². The second-order valence-corrected chi connectivity index (χ2v) is 7.91. The van der Waals surface area contributed by atoms with Crippen LogP contribution in [-0.2, 0) is 9.84 Å². The second-order valence-electron chi connectivity index (χ2n) is 4.99. The molecule has 1 fully saturated rings.